The smallest absolute Gasteiger partial charge is 0.255 e. The van der Waals surface area contributed by atoms with E-state index in [4.69, 9.17) is 0 Å². The molecule has 4 nitrogen and oxygen atoms in total. The fraction of sp³-hybridized carbons (Fsp3) is 0.167. The van der Waals surface area contributed by atoms with Crippen molar-refractivity contribution in [1.29, 1.82) is 0 Å². The number of benzene rings is 1. The van der Waals surface area contributed by atoms with Crippen LogP contribution in [0.25, 0.3) is 0 Å². The van der Waals surface area contributed by atoms with Crippen molar-refractivity contribution < 1.29 is 9.18 Å². The number of nitrogens with one attached hydrogen (secondary N) is 1. The number of amides is 1. The van der Waals surface area contributed by atoms with E-state index in [-0.39, 0.29) is 12.1 Å². The highest BCUT2D eigenvalue weighted by Gasteiger charge is 2.15. The molecule has 0 atom stereocenters. The van der Waals surface area contributed by atoms with Crippen LogP contribution in [0, 0.1) is 5.82 Å². The minimum Gasteiger partial charge on any atom is -0.346 e. The summed E-state index contributed by atoms with van der Waals surface area (Å²) in [5.74, 6) is -1.02. The third-order valence-electron chi connectivity index (χ3n) is 2.39. The molecule has 2 rings (SSSR count). The van der Waals surface area contributed by atoms with Gasteiger partial charge >= 0.3 is 0 Å². The molecule has 1 aromatic heterocycles. The number of hydrogen-bond acceptors (Lipinski definition) is 2. The Balaban J connectivity index is 2.08. The quantitative estimate of drug-likeness (QED) is 0.945. The van der Waals surface area contributed by atoms with Gasteiger partial charge in [0.1, 0.15) is 5.82 Å². The van der Waals surface area contributed by atoms with Crippen molar-refractivity contribution >= 4 is 21.8 Å². The maximum Gasteiger partial charge on any atom is 0.255 e. The Bertz CT molecular complexity index is 562. The van der Waals surface area contributed by atoms with Gasteiger partial charge in [0.2, 0.25) is 0 Å². The number of carbonyl (C=O) groups excluding carboxylic acids is 1. The predicted octanol–water partition coefficient (Wildman–Crippen LogP) is 2.25. The summed E-state index contributed by atoms with van der Waals surface area (Å²) >= 11 is 3.16. The van der Waals surface area contributed by atoms with E-state index in [0.29, 0.717) is 4.47 Å². The zero-order valence-corrected chi connectivity index (χ0v) is 11.2. The average molecular weight is 312 g/mol. The van der Waals surface area contributed by atoms with Gasteiger partial charge in [0.25, 0.3) is 5.91 Å². The van der Waals surface area contributed by atoms with Crippen LogP contribution in [0.3, 0.4) is 0 Å². The second-order valence-electron chi connectivity index (χ2n) is 3.76. The number of carbonyl (C=O) groups is 1. The standard InChI is InChI=1S/C12H11BrFN3O/c1-17-6-5-8(16-17)7-15-12(18)11-9(13)3-2-4-10(11)14/h2-6H,7H2,1H3,(H,15,18). The van der Waals surface area contributed by atoms with Crippen LogP contribution in [0.4, 0.5) is 4.39 Å². The van der Waals surface area contributed by atoms with Crippen molar-refractivity contribution in [2.24, 2.45) is 7.05 Å². The molecule has 94 valence electrons. The Morgan fingerprint density at radius 2 is 2.28 bits per heavy atom. The van der Waals surface area contributed by atoms with Crippen LogP contribution in [0.15, 0.2) is 34.9 Å². The third-order valence-corrected chi connectivity index (χ3v) is 3.05. The molecule has 0 saturated heterocycles. The fourth-order valence-electron chi connectivity index (χ4n) is 1.53. The molecule has 0 radical (unpaired) electrons. The van der Waals surface area contributed by atoms with Crippen LogP contribution < -0.4 is 5.32 Å². The first-order valence-corrected chi connectivity index (χ1v) is 6.08. The largest absolute Gasteiger partial charge is 0.346 e. The Labute approximate surface area is 112 Å². The summed E-state index contributed by atoms with van der Waals surface area (Å²) in [5, 5.41) is 6.74. The molecule has 1 heterocycles. The molecule has 0 saturated carbocycles. The van der Waals surface area contributed by atoms with Crippen LogP contribution in [0.1, 0.15) is 16.1 Å². The van der Waals surface area contributed by atoms with Gasteiger partial charge in [-0.25, -0.2) is 4.39 Å². The Kier molecular flexibility index (Phi) is 3.76. The van der Waals surface area contributed by atoms with Crippen molar-refractivity contribution in [3.05, 3.63) is 52.0 Å². The molecule has 0 aliphatic rings. The van der Waals surface area contributed by atoms with E-state index in [1.54, 1.807) is 30.1 Å². The number of nitrogens with zero attached hydrogens (tertiary/aromatic N) is 2. The highest BCUT2D eigenvalue weighted by molar-refractivity contribution is 9.10. The van der Waals surface area contributed by atoms with Crippen LogP contribution in [0.2, 0.25) is 0 Å². The number of aromatic nitrogens is 2. The molecule has 1 aromatic carbocycles. The van der Waals surface area contributed by atoms with Crippen LogP contribution >= 0.6 is 15.9 Å². The molecule has 6 heteroatoms. The van der Waals surface area contributed by atoms with E-state index in [9.17, 15) is 9.18 Å². The van der Waals surface area contributed by atoms with Crippen molar-refractivity contribution in [3.63, 3.8) is 0 Å². The second-order valence-corrected chi connectivity index (χ2v) is 4.61. The minimum atomic E-state index is -0.553. The summed E-state index contributed by atoms with van der Waals surface area (Å²) in [4.78, 5) is 11.9. The third kappa shape index (κ3) is 2.76. The molecule has 18 heavy (non-hydrogen) atoms. The summed E-state index contributed by atoms with van der Waals surface area (Å²) in [6.45, 7) is 0.264. The molecule has 0 bridgehead atoms. The molecule has 0 aliphatic carbocycles. The van der Waals surface area contributed by atoms with E-state index in [0.717, 1.165) is 5.69 Å². The molecule has 1 amide bonds. The Hall–Kier alpha value is -1.69. The van der Waals surface area contributed by atoms with Gasteiger partial charge in [-0.1, -0.05) is 6.07 Å². The topological polar surface area (TPSA) is 46.9 Å². The first kappa shape index (κ1) is 12.8. The van der Waals surface area contributed by atoms with Crippen molar-refractivity contribution in [2.75, 3.05) is 0 Å². The summed E-state index contributed by atoms with van der Waals surface area (Å²) in [5.41, 5.74) is 0.728. The lowest BCUT2D eigenvalue weighted by atomic mass is 10.2. The maximum absolute atomic E-state index is 13.5. The van der Waals surface area contributed by atoms with Gasteiger partial charge < -0.3 is 5.32 Å². The summed E-state index contributed by atoms with van der Waals surface area (Å²) < 4.78 is 15.6. The predicted molar refractivity (Wildman–Crippen MR) is 68.5 cm³/mol. The minimum absolute atomic E-state index is 0.00781. The first-order valence-electron chi connectivity index (χ1n) is 5.28. The molecule has 1 N–H and O–H groups in total. The zero-order valence-electron chi connectivity index (χ0n) is 9.65. The molecule has 0 fully saturated rings. The van der Waals surface area contributed by atoms with E-state index < -0.39 is 11.7 Å². The second kappa shape index (κ2) is 5.30. The SMILES string of the molecule is Cn1ccc(CNC(=O)c2c(F)cccc2Br)n1. The highest BCUT2D eigenvalue weighted by atomic mass is 79.9. The lowest BCUT2D eigenvalue weighted by molar-refractivity contribution is 0.0945. The summed E-state index contributed by atoms with van der Waals surface area (Å²) in [7, 11) is 1.79. The van der Waals surface area contributed by atoms with Crippen LogP contribution in [0.5, 0.6) is 0 Å². The van der Waals surface area contributed by atoms with E-state index >= 15 is 0 Å². The number of hydrogen-bond donors (Lipinski definition) is 1. The number of rotatable bonds is 3. The normalized spacial score (nSPS) is 10.4. The Morgan fingerprint density at radius 3 is 2.89 bits per heavy atom. The lowest BCUT2D eigenvalue weighted by Gasteiger charge is -2.06. The molecular formula is C12H11BrFN3O. The van der Waals surface area contributed by atoms with Gasteiger partial charge in [-0.2, -0.15) is 5.10 Å². The van der Waals surface area contributed by atoms with Crippen molar-refractivity contribution in [1.82, 2.24) is 15.1 Å². The van der Waals surface area contributed by atoms with Gasteiger partial charge in [-0.15, -0.1) is 0 Å². The van der Waals surface area contributed by atoms with Gasteiger partial charge in [-0.3, -0.25) is 9.48 Å². The molecular weight excluding hydrogens is 301 g/mol. The fourth-order valence-corrected chi connectivity index (χ4v) is 2.05. The van der Waals surface area contributed by atoms with E-state index in [1.165, 1.54) is 12.1 Å². The van der Waals surface area contributed by atoms with E-state index in [1.807, 2.05) is 0 Å². The average Bonchev–Trinajstić information content (AvgIpc) is 2.72. The number of aryl methyl sites for hydroxylation is 1. The van der Waals surface area contributed by atoms with Gasteiger partial charge in [0, 0.05) is 17.7 Å². The van der Waals surface area contributed by atoms with Crippen LogP contribution in [-0.2, 0) is 13.6 Å². The van der Waals surface area contributed by atoms with Gasteiger partial charge in [-0.05, 0) is 34.1 Å². The molecule has 0 aliphatic heterocycles. The van der Waals surface area contributed by atoms with Gasteiger partial charge in [0.15, 0.2) is 0 Å². The first-order chi connectivity index (χ1) is 8.58. The maximum atomic E-state index is 13.5. The molecule has 0 unspecified atom stereocenters. The zero-order chi connectivity index (χ0) is 13.1. The Morgan fingerprint density at radius 1 is 1.50 bits per heavy atom. The van der Waals surface area contributed by atoms with Crippen molar-refractivity contribution in [2.45, 2.75) is 6.54 Å². The summed E-state index contributed by atoms with van der Waals surface area (Å²) in [6.07, 6.45) is 1.78. The van der Waals surface area contributed by atoms with Gasteiger partial charge in [0.05, 0.1) is 17.8 Å². The molecule has 2 aromatic rings. The molecule has 0 spiro atoms. The van der Waals surface area contributed by atoms with E-state index in [2.05, 4.69) is 26.3 Å². The number of halogens is 2. The van der Waals surface area contributed by atoms with Crippen molar-refractivity contribution in [3.8, 4) is 0 Å². The monoisotopic (exact) mass is 311 g/mol. The lowest BCUT2D eigenvalue weighted by Crippen LogP contribution is -2.24. The van der Waals surface area contributed by atoms with Crippen LogP contribution in [-0.4, -0.2) is 15.7 Å². The highest BCUT2D eigenvalue weighted by Crippen LogP contribution is 2.19. The summed E-state index contributed by atoms with van der Waals surface area (Å²) in [6, 6.07) is 6.20.